The third kappa shape index (κ3) is 4.87. The van der Waals surface area contributed by atoms with Gasteiger partial charge in [-0.15, -0.1) is 11.8 Å². The van der Waals surface area contributed by atoms with Gasteiger partial charge in [0.25, 0.3) is 5.91 Å². The SMILES string of the molecule is O=C(Nc1ccc2nc(N3CCOCC3)sc2c1)c1ccccc1SC[C@H]1CCCO1. The van der Waals surface area contributed by atoms with Crippen LogP contribution in [0.25, 0.3) is 10.2 Å². The van der Waals surface area contributed by atoms with Crippen LogP contribution in [0.3, 0.4) is 0 Å². The lowest BCUT2D eigenvalue weighted by Gasteiger charge is -2.25. The van der Waals surface area contributed by atoms with Gasteiger partial charge in [-0.1, -0.05) is 23.5 Å². The number of fused-ring (bicyclic) bond motifs is 1. The number of hydrogen-bond donors (Lipinski definition) is 1. The number of nitrogens with zero attached hydrogens (tertiary/aromatic N) is 2. The lowest BCUT2D eigenvalue weighted by atomic mass is 10.2. The zero-order chi connectivity index (χ0) is 21.0. The topological polar surface area (TPSA) is 63.7 Å². The number of thiazole rings is 1. The first-order valence-electron chi connectivity index (χ1n) is 10.6. The number of rotatable bonds is 6. The van der Waals surface area contributed by atoms with Crippen molar-refractivity contribution in [1.82, 2.24) is 4.98 Å². The Balaban J connectivity index is 1.29. The molecule has 8 heteroatoms. The predicted octanol–water partition coefficient (Wildman–Crippen LogP) is 4.66. The van der Waals surface area contributed by atoms with Crippen molar-refractivity contribution in [2.24, 2.45) is 0 Å². The van der Waals surface area contributed by atoms with E-state index in [1.54, 1.807) is 23.1 Å². The summed E-state index contributed by atoms with van der Waals surface area (Å²) in [5, 5.41) is 4.08. The molecule has 3 heterocycles. The fourth-order valence-corrected chi connectivity index (χ4v) is 5.99. The van der Waals surface area contributed by atoms with E-state index in [-0.39, 0.29) is 12.0 Å². The second kappa shape index (κ2) is 9.56. The number of anilines is 2. The number of hydrogen-bond acceptors (Lipinski definition) is 7. The van der Waals surface area contributed by atoms with Crippen LogP contribution in [0.2, 0.25) is 0 Å². The molecule has 0 spiro atoms. The summed E-state index contributed by atoms with van der Waals surface area (Å²) >= 11 is 3.35. The van der Waals surface area contributed by atoms with E-state index in [0.717, 1.165) is 77.4 Å². The molecule has 2 aliphatic heterocycles. The van der Waals surface area contributed by atoms with Crippen molar-refractivity contribution < 1.29 is 14.3 Å². The van der Waals surface area contributed by atoms with E-state index < -0.39 is 0 Å². The number of thioether (sulfide) groups is 1. The Bertz CT molecular complexity index is 1060. The number of ether oxygens (including phenoxy) is 2. The van der Waals surface area contributed by atoms with Gasteiger partial charge in [0.15, 0.2) is 5.13 Å². The molecule has 2 aromatic carbocycles. The van der Waals surface area contributed by atoms with E-state index in [4.69, 9.17) is 14.5 Å². The Morgan fingerprint density at radius 2 is 2.06 bits per heavy atom. The molecule has 0 radical (unpaired) electrons. The predicted molar refractivity (Wildman–Crippen MR) is 127 cm³/mol. The minimum Gasteiger partial charge on any atom is -0.378 e. The average molecular weight is 456 g/mol. The van der Waals surface area contributed by atoms with Gasteiger partial charge in [-0.05, 0) is 43.2 Å². The van der Waals surface area contributed by atoms with Crippen LogP contribution in [0.5, 0.6) is 0 Å². The van der Waals surface area contributed by atoms with Crippen LogP contribution in [0, 0.1) is 0 Å². The molecule has 1 amide bonds. The van der Waals surface area contributed by atoms with Crippen LogP contribution in [0.15, 0.2) is 47.4 Å². The van der Waals surface area contributed by atoms with Crippen LogP contribution in [0.4, 0.5) is 10.8 Å². The molecule has 0 unspecified atom stereocenters. The van der Waals surface area contributed by atoms with Crippen molar-refractivity contribution in [3.8, 4) is 0 Å². The standard InChI is InChI=1S/C23H25N3O3S2/c27-22(18-5-1-2-6-20(18)30-15-17-4-3-11-29-17)24-16-7-8-19-21(14-16)31-23(25-19)26-9-12-28-13-10-26/h1-2,5-8,14,17H,3-4,9-13,15H2,(H,24,27)/t17-/m1/s1. The van der Waals surface area contributed by atoms with Crippen LogP contribution in [0.1, 0.15) is 23.2 Å². The monoisotopic (exact) mass is 455 g/mol. The summed E-state index contributed by atoms with van der Waals surface area (Å²) in [6.07, 6.45) is 2.51. The van der Waals surface area contributed by atoms with Gasteiger partial charge in [-0.2, -0.15) is 0 Å². The Morgan fingerprint density at radius 1 is 1.19 bits per heavy atom. The summed E-state index contributed by atoms with van der Waals surface area (Å²) in [6.45, 7) is 4.05. The molecule has 0 aliphatic carbocycles. The normalized spacial score (nSPS) is 19.1. The van der Waals surface area contributed by atoms with Crippen LogP contribution in [-0.4, -0.2) is 55.7 Å². The number of aromatic nitrogens is 1. The summed E-state index contributed by atoms with van der Waals surface area (Å²) in [5.74, 6) is 0.786. The molecule has 2 fully saturated rings. The second-order valence-corrected chi connectivity index (χ2v) is 9.75. The molecule has 2 saturated heterocycles. The number of carbonyl (C=O) groups excluding carboxylic acids is 1. The fraction of sp³-hybridized carbons (Fsp3) is 0.391. The molecule has 3 aromatic rings. The highest BCUT2D eigenvalue weighted by Crippen LogP contribution is 2.32. The van der Waals surface area contributed by atoms with Gasteiger partial charge < -0.3 is 19.7 Å². The molecule has 1 N–H and O–H groups in total. The zero-order valence-corrected chi connectivity index (χ0v) is 18.8. The number of benzene rings is 2. The maximum absolute atomic E-state index is 13.0. The molecule has 6 nitrogen and oxygen atoms in total. The number of nitrogens with one attached hydrogen (secondary N) is 1. The van der Waals surface area contributed by atoms with Crippen molar-refractivity contribution in [2.75, 3.05) is 48.9 Å². The highest BCUT2D eigenvalue weighted by Gasteiger charge is 2.19. The van der Waals surface area contributed by atoms with Gasteiger partial charge in [0.05, 0.1) is 35.1 Å². The molecule has 0 bridgehead atoms. The molecule has 1 atom stereocenters. The first kappa shape index (κ1) is 20.8. The Morgan fingerprint density at radius 3 is 2.90 bits per heavy atom. The van der Waals surface area contributed by atoms with E-state index in [0.29, 0.717) is 5.56 Å². The summed E-state index contributed by atoms with van der Waals surface area (Å²) < 4.78 is 12.2. The van der Waals surface area contributed by atoms with Crippen LogP contribution >= 0.6 is 23.1 Å². The quantitative estimate of drug-likeness (QED) is 0.546. The van der Waals surface area contributed by atoms with E-state index in [1.807, 2.05) is 42.5 Å². The van der Waals surface area contributed by atoms with Gasteiger partial charge in [0.2, 0.25) is 0 Å². The third-order valence-corrected chi connectivity index (χ3v) is 7.78. The molecule has 31 heavy (non-hydrogen) atoms. The summed E-state index contributed by atoms with van der Waals surface area (Å²) in [6, 6.07) is 13.7. The van der Waals surface area contributed by atoms with Crippen molar-refractivity contribution in [1.29, 1.82) is 0 Å². The third-order valence-electron chi connectivity index (χ3n) is 5.50. The van der Waals surface area contributed by atoms with E-state index in [9.17, 15) is 4.79 Å². The van der Waals surface area contributed by atoms with Gasteiger partial charge in [-0.3, -0.25) is 4.79 Å². The first-order valence-corrected chi connectivity index (χ1v) is 12.4. The number of morpholine rings is 1. The Kier molecular flexibility index (Phi) is 6.40. The number of amides is 1. The average Bonchev–Trinajstić information content (AvgIpc) is 3.48. The van der Waals surface area contributed by atoms with Gasteiger partial charge in [0, 0.05) is 36.0 Å². The molecule has 2 aliphatic rings. The largest absolute Gasteiger partial charge is 0.378 e. The maximum Gasteiger partial charge on any atom is 0.256 e. The maximum atomic E-state index is 13.0. The Labute approximate surface area is 189 Å². The van der Waals surface area contributed by atoms with E-state index in [1.165, 1.54) is 0 Å². The lowest BCUT2D eigenvalue weighted by Crippen LogP contribution is -2.36. The highest BCUT2D eigenvalue weighted by molar-refractivity contribution is 7.99. The fourth-order valence-electron chi connectivity index (χ4n) is 3.82. The Hall–Kier alpha value is -2.13. The van der Waals surface area contributed by atoms with Crippen molar-refractivity contribution in [2.45, 2.75) is 23.8 Å². The molecule has 162 valence electrons. The molecule has 1 aromatic heterocycles. The molecule has 0 saturated carbocycles. The minimum atomic E-state index is -0.0901. The van der Waals surface area contributed by atoms with Crippen molar-refractivity contribution in [3.63, 3.8) is 0 Å². The zero-order valence-electron chi connectivity index (χ0n) is 17.2. The lowest BCUT2D eigenvalue weighted by molar-refractivity contribution is 0.102. The molecule has 5 rings (SSSR count). The van der Waals surface area contributed by atoms with E-state index >= 15 is 0 Å². The van der Waals surface area contributed by atoms with Crippen molar-refractivity contribution in [3.05, 3.63) is 48.0 Å². The highest BCUT2D eigenvalue weighted by atomic mass is 32.2. The number of carbonyl (C=O) groups is 1. The second-order valence-electron chi connectivity index (χ2n) is 7.67. The molecular weight excluding hydrogens is 430 g/mol. The van der Waals surface area contributed by atoms with E-state index in [2.05, 4.69) is 10.2 Å². The van der Waals surface area contributed by atoms with Gasteiger partial charge in [-0.25, -0.2) is 4.98 Å². The molecular formula is C23H25N3O3S2. The minimum absolute atomic E-state index is 0.0901. The first-order chi connectivity index (χ1) is 15.3. The summed E-state index contributed by atoms with van der Waals surface area (Å²) in [5.41, 5.74) is 2.44. The smallest absolute Gasteiger partial charge is 0.256 e. The van der Waals surface area contributed by atoms with Crippen molar-refractivity contribution >= 4 is 50.0 Å². The summed E-state index contributed by atoms with van der Waals surface area (Å²) in [4.78, 5) is 21.0. The van der Waals surface area contributed by atoms with Gasteiger partial charge in [0.1, 0.15) is 0 Å². The van der Waals surface area contributed by atoms with Crippen LogP contribution in [-0.2, 0) is 9.47 Å². The summed E-state index contributed by atoms with van der Waals surface area (Å²) in [7, 11) is 0. The van der Waals surface area contributed by atoms with Gasteiger partial charge >= 0.3 is 0 Å². The van der Waals surface area contributed by atoms with Crippen LogP contribution < -0.4 is 10.2 Å².